The lowest BCUT2D eigenvalue weighted by molar-refractivity contribution is 0.0987. The van der Waals surface area contributed by atoms with Crippen molar-refractivity contribution in [2.75, 3.05) is 11.4 Å². The lowest BCUT2D eigenvalue weighted by Gasteiger charge is -2.18. The van der Waals surface area contributed by atoms with Gasteiger partial charge in [-0.05, 0) is 62.3 Å². The minimum Gasteiger partial charge on any atom is -0.308 e. The third kappa shape index (κ3) is 3.14. The fourth-order valence-electron chi connectivity index (χ4n) is 4.84. The van der Waals surface area contributed by atoms with Gasteiger partial charge in [0.25, 0.3) is 5.91 Å². The van der Waals surface area contributed by atoms with Crippen molar-refractivity contribution in [3.8, 4) is 0 Å². The van der Waals surface area contributed by atoms with E-state index in [1.165, 1.54) is 11.1 Å². The highest BCUT2D eigenvalue weighted by atomic mass is 35.5. The second-order valence-corrected chi connectivity index (χ2v) is 8.55. The Morgan fingerprint density at radius 2 is 1.76 bits per heavy atom. The molecule has 0 saturated carbocycles. The Morgan fingerprint density at radius 3 is 2.38 bits per heavy atom. The van der Waals surface area contributed by atoms with Crippen LogP contribution in [0.4, 0.5) is 5.95 Å². The van der Waals surface area contributed by atoms with Crippen molar-refractivity contribution in [2.24, 2.45) is 0 Å². The number of benzene rings is 2. The van der Waals surface area contributed by atoms with E-state index in [-0.39, 0.29) is 5.91 Å². The number of carbonyl (C=O) groups excluding carboxylic acids is 1. The summed E-state index contributed by atoms with van der Waals surface area (Å²) < 4.78 is 2.19. The molecule has 0 aliphatic carbocycles. The first-order chi connectivity index (χ1) is 13.9. The summed E-state index contributed by atoms with van der Waals surface area (Å²) in [4.78, 5) is 20.2. The number of aryl methyl sites for hydroxylation is 3. The minimum absolute atomic E-state index is 0.0225. The Labute approximate surface area is 177 Å². The Balaban J connectivity index is 1.85. The molecule has 4 nitrogen and oxygen atoms in total. The summed E-state index contributed by atoms with van der Waals surface area (Å²) in [6.45, 7) is 11.9. The van der Waals surface area contributed by atoms with E-state index in [4.69, 9.17) is 16.6 Å². The van der Waals surface area contributed by atoms with Crippen LogP contribution in [0.2, 0.25) is 5.02 Å². The molecule has 1 amide bonds. The van der Waals surface area contributed by atoms with E-state index in [1.54, 1.807) is 0 Å². The van der Waals surface area contributed by atoms with Crippen molar-refractivity contribution >= 4 is 34.5 Å². The average Bonchev–Trinajstić information content (AvgIpc) is 3.23. The van der Waals surface area contributed by atoms with Gasteiger partial charge in [0, 0.05) is 18.7 Å². The Kier molecular flexibility index (Phi) is 5.16. The monoisotopic (exact) mass is 409 g/mol. The molecule has 0 bridgehead atoms. The van der Waals surface area contributed by atoms with Gasteiger partial charge in [0.2, 0.25) is 5.95 Å². The molecule has 3 aromatic rings. The van der Waals surface area contributed by atoms with Crippen molar-refractivity contribution in [1.82, 2.24) is 9.55 Å². The SMILES string of the molecule is CCC(CC)c1ccc(Cl)c2nc3n(c12)CCN3C(=O)c1c(C)cc(C)cc1C. The maximum atomic E-state index is 13.5. The lowest BCUT2D eigenvalue weighted by Crippen LogP contribution is -2.30. The van der Waals surface area contributed by atoms with Gasteiger partial charge >= 0.3 is 0 Å². The molecular weight excluding hydrogens is 382 g/mol. The van der Waals surface area contributed by atoms with E-state index in [1.807, 2.05) is 24.8 Å². The number of anilines is 1. The molecule has 1 aliphatic heterocycles. The smallest absolute Gasteiger partial charge is 0.261 e. The summed E-state index contributed by atoms with van der Waals surface area (Å²) in [7, 11) is 0. The van der Waals surface area contributed by atoms with Crippen molar-refractivity contribution in [3.63, 3.8) is 0 Å². The normalized spacial score (nSPS) is 13.6. The van der Waals surface area contributed by atoms with Crippen LogP contribution < -0.4 is 4.90 Å². The second kappa shape index (κ2) is 7.49. The first-order valence-corrected chi connectivity index (χ1v) is 10.8. The van der Waals surface area contributed by atoms with E-state index in [2.05, 4.69) is 43.5 Å². The second-order valence-electron chi connectivity index (χ2n) is 8.14. The molecule has 152 valence electrons. The van der Waals surface area contributed by atoms with Gasteiger partial charge in [0.05, 0.1) is 10.5 Å². The Bertz CT molecular complexity index is 1090. The molecule has 2 heterocycles. The first kappa shape index (κ1) is 20.0. The lowest BCUT2D eigenvalue weighted by atomic mass is 9.93. The molecule has 0 saturated heterocycles. The van der Waals surface area contributed by atoms with Gasteiger partial charge in [-0.3, -0.25) is 9.69 Å². The predicted octanol–water partition coefficient (Wildman–Crippen LogP) is 6.18. The number of halogens is 1. The maximum absolute atomic E-state index is 13.5. The molecule has 2 aromatic carbocycles. The zero-order chi connectivity index (χ0) is 20.9. The van der Waals surface area contributed by atoms with E-state index >= 15 is 0 Å². The molecular formula is C24H28ClN3O. The highest BCUT2D eigenvalue weighted by molar-refractivity contribution is 6.35. The summed E-state index contributed by atoms with van der Waals surface area (Å²) in [5.74, 6) is 1.20. The highest BCUT2D eigenvalue weighted by Crippen LogP contribution is 2.38. The molecule has 0 unspecified atom stereocenters. The van der Waals surface area contributed by atoms with Gasteiger partial charge in [-0.15, -0.1) is 0 Å². The molecule has 0 fully saturated rings. The van der Waals surface area contributed by atoms with Crippen LogP contribution in [0.3, 0.4) is 0 Å². The van der Waals surface area contributed by atoms with E-state index in [9.17, 15) is 4.79 Å². The van der Waals surface area contributed by atoms with Crippen LogP contribution in [-0.2, 0) is 6.54 Å². The summed E-state index contributed by atoms with van der Waals surface area (Å²) in [6.07, 6.45) is 2.14. The number of aromatic nitrogens is 2. The third-order valence-corrected chi connectivity index (χ3v) is 6.51. The van der Waals surface area contributed by atoms with Gasteiger partial charge in [0.15, 0.2) is 0 Å². The van der Waals surface area contributed by atoms with Crippen molar-refractivity contribution in [2.45, 2.75) is 59.9 Å². The summed E-state index contributed by atoms with van der Waals surface area (Å²) in [5, 5.41) is 0.645. The van der Waals surface area contributed by atoms with Crippen LogP contribution in [0.25, 0.3) is 11.0 Å². The van der Waals surface area contributed by atoms with Crippen molar-refractivity contribution in [1.29, 1.82) is 0 Å². The summed E-state index contributed by atoms with van der Waals surface area (Å²) >= 11 is 6.52. The number of fused-ring (bicyclic) bond motifs is 3. The third-order valence-electron chi connectivity index (χ3n) is 6.21. The first-order valence-electron chi connectivity index (χ1n) is 10.5. The predicted molar refractivity (Wildman–Crippen MR) is 120 cm³/mol. The van der Waals surface area contributed by atoms with Gasteiger partial charge in [0.1, 0.15) is 5.52 Å². The number of nitrogens with zero attached hydrogens (tertiary/aromatic N) is 3. The van der Waals surface area contributed by atoms with Crippen LogP contribution in [0.15, 0.2) is 24.3 Å². The summed E-state index contributed by atoms with van der Waals surface area (Å²) in [5.41, 5.74) is 7.16. The van der Waals surface area contributed by atoms with Crippen LogP contribution in [0.5, 0.6) is 0 Å². The molecule has 0 N–H and O–H groups in total. The fourth-order valence-corrected chi connectivity index (χ4v) is 5.04. The van der Waals surface area contributed by atoms with Gasteiger partial charge in [-0.2, -0.15) is 0 Å². The molecule has 0 spiro atoms. The highest BCUT2D eigenvalue weighted by Gasteiger charge is 2.32. The molecule has 0 radical (unpaired) electrons. The Morgan fingerprint density at radius 1 is 1.10 bits per heavy atom. The molecule has 0 atom stereocenters. The molecule has 29 heavy (non-hydrogen) atoms. The van der Waals surface area contributed by atoms with E-state index in [0.717, 1.165) is 47.1 Å². The van der Waals surface area contributed by atoms with Crippen molar-refractivity contribution < 1.29 is 4.79 Å². The molecule has 1 aromatic heterocycles. The van der Waals surface area contributed by atoms with Crippen LogP contribution in [0, 0.1) is 20.8 Å². The van der Waals surface area contributed by atoms with Gasteiger partial charge in [-0.25, -0.2) is 4.98 Å². The Hall–Kier alpha value is -2.33. The standard InChI is InChI=1S/C24H28ClN3O/c1-6-17(7-2)18-8-9-19(25)21-22(18)27-10-11-28(24(27)26-21)23(29)20-15(4)12-14(3)13-16(20)5/h8-9,12-13,17H,6-7,10-11H2,1-5H3. The van der Waals surface area contributed by atoms with Crippen LogP contribution in [-0.4, -0.2) is 22.0 Å². The number of hydrogen-bond acceptors (Lipinski definition) is 2. The van der Waals surface area contributed by atoms with E-state index in [0.29, 0.717) is 23.4 Å². The molecule has 5 heteroatoms. The number of hydrogen-bond donors (Lipinski definition) is 0. The topological polar surface area (TPSA) is 38.1 Å². The summed E-state index contributed by atoms with van der Waals surface area (Å²) in [6, 6.07) is 8.22. The van der Waals surface area contributed by atoms with Crippen LogP contribution >= 0.6 is 11.6 Å². The fraction of sp³-hybridized carbons (Fsp3) is 0.417. The van der Waals surface area contributed by atoms with E-state index < -0.39 is 0 Å². The number of carbonyl (C=O) groups is 1. The zero-order valence-corrected chi connectivity index (χ0v) is 18.6. The zero-order valence-electron chi connectivity index (χ0n) is 17.8. The molecule has 1 aliphatic rings. The largest absolute Gasteiger partial charge is 0.308 e. The van der Waals surface area contributed by atoms with Crippen LogP contribution in [0.1, 0.15) is 65.2 Å². The minimum atomic E-state index is 0.0225. The molecule has 4 rings (SSSR count). The maximum Gasteiger partial charge on any atom is 0.261 e. The quantitative estimate of drug-likeness (QED) is 0.516. The number of imidazole rings is 1. The van der Waals surface area contributed by atoms with Crippen molar-refractivity contribution in [3.05, 3.63) is 57.1 Å². The average molecular weight is 410 g/mol. The van der Waals surface area contributed by atoms with Gasteiger partial charge in [-0.1, -0.05) is 49.2 Å². The van der Waals surface area contributed by atoms with Gasteiger partial charge < -0.3 is 4.57 Å². The number of rotatable bonds is 4. The number of amides is 1.